The maximum atomic E-state index is 12.2. The van der Waals surface area contributed by atoms with Crippen LogP contribution in [-0.4, -0.2) is 83.2 Å². The van der Waals surface area contributed by atoms with Crippen LogP contribution in [0.2, 0.25) is 0 Å². The molecular formula is C14H23N5O3. The molecule has 0 bridgehead atoms. The number of hydrogen-bond acceptors (Lipinski definition) is 6. The van der Waals surface area contributed by atoms with Gasteiger partial charge in [-0.05, 0) is 12.8 Å². The lowest BCUT2D eigenvalue weighted by Crippen LogP contribution is -2.64. The topological polar surface area (TPSA) is 88.5 Å². The third kappa shape index (κ3) is 2.51. The zero-order valence-electron chi connectivity index (χ0n) is 12.9. The lowest BCUT2D eigenvalue weighted by atomic mass is 10.1. The number of urea groups is 1. The monoisotopic (exact) mass is 309 g/mol. The van der Waals surface area contributed by atoms with Crippen LogP contribution in [0.5, 0.6) is 0 Å². The number of guanidine groups is 1. The number of aliphatic hydroxyl groups is 1. The van der Waals surface area contributed by atoms with Gasteiger partial charge in [-0.15, -0.1) is 0 Å². The molecule has 3 rings (SSSR count). The van der Waals surface area contributed by atoms with Gasteiger partial charge in [-0.25, -0.2) is 9.79 Å². The van der Waals surface area contributed by atoms with Crippen molar-refractivity contribution in [2.45, 2.75) is 37.9 Å². The SMILES string of the molecule is CN1C(=O)NC(=O)C2C1N=C(N1CCCCCC1)N2CCO. The molecule has 0 aromatic heterocycles. The predicted octanol–water partition coefficient (Wildman–Crippen LogP) is -0.597. The molecule has 2 N–H and O–H groups in total. The Balaban J connectivity index is 1.89. The van der Waals surface area contributed by atoms with Gasteiger partial charge in [0.1, 0.15) is 0 Å². The van der Waals surface area contributed by atoms with Gasteiger partial charge in [0.25, 0.3) is 5.91 Å². The van der Waals surface area contributed by atoms with Gasteiger partial charge < -0.3 is 19.8 Å². The minimum atomic E-state index is -0.548. The van der Waals surface area contributed by atoms with Crippen molar-refractivity contribution >= 4 is 17.9 Å². The highest BCUT2D eigenvalue weighted by Gasteiger charge is 2.49. The molecule has 2 saturated heterocycles. The van der Waals surface area contributed by atoms with Gasteiger partial charge in [0.15, 0.2) is 18.2 Å². The molecule has 0 radical (unpaired) electrons. The molecule has 2 atom stereocenters. The van der Waals surface area contributed by atoms with Gasteiger partial charge in [0.05, 0.1) is 6.61 Å². The van der Waals surface area contributed by atoms with Crippen molar-refractivity contribution < 1.29 is 14.7 Å². The number of likely N-dealkylation sites (tertiary alicyclic amines) is 1. The second kappa shape index (κ2) is 6.12. The van der Waals surface area contributed by atoms with E-state index in [0.717, 1.165) is 31.9 Å². The fourth-order valence-electron chi connectivity index (χ4n) is 3.39. The summed E-state index contributed by atoms with van der Waals surface area (Å²) in [6, 6.07) is -0.968. The number of hydrogen-bond donors (Lipinski definition) is 2. The lowest BCUT2D eigenvalue weighted by molar-refractivity contribution is -0.127. The lowest BCUT2D eigenvalue weighted by Gasteiger charge is -2.37. The Hall–Kier alpha value is -1.83. The number of carbonyl (C=O) groups excluding carboxylic acids is 2. The van der Waals surface area contributed by atoms with E-state index < -0.39 is 18.2 Å². The van der Waals surface area contributed by atoms with Crippen LogP contribution in [0.1, 0.15) is 25.7 Å². The first-order valence-corrected chi connectivity index (χ1v) is 7.91. The number of carbonyl (C=O) groups is 2. The average Bonchev–Trinajstić information content (AvgIpc) is 2.69. The fourth-order valence-corrected chi connectivity index (χ4v) is 3.39. The number of β-amino-alcohol motifs (C(OH)–C–C–N with tert-alkyl or cyclic N) is 1. The third-order valence-corrected chi connectivity index (χ3v) is 4.57. The summed E-state index contributed by atoms with van der Waals surface area (Å²) in [5.74, 6) is 0.401. The first-order chi connectivity index (χ1) is 10.6. The zero-order chi connectivity index (χ0) is 15.7. The molecule has 3 aliphatic rings. The number of aliphatic imine (C=N–C) groups is 1. The Bertz CT molecular complexity index is 487. The van der Waals surface area contributed by atoms with E-state index in [4.69, 9.17) is 0 Å². The number of nitrogens with one attached hydrogen (secondary N) is 1. The van der Waals surface area contributed by atoms with E-state index in [1.807, 2.05) is 4.90 Å². The minimum absolute atomic E-state index is 0.0545. The van der Waals surface area contributed by atoms with E-state index in [1.54, 1.807) is 7.05 Å². The largest absolute Gasteiger partial charge is 0.395 e. The Morgan fingerprint density at radius 2 is 1.91 bits per heavy atom. The van der Waals surface area contributed by atoms with Crippen LogP contribution in [0.3, 0.4) is 0 Å². The van der Waals surface area contributed by atoms with Crippen molar-refractivity contribution in [1.29, 1.82) is 0 Å². The van der Waals surface area contributed by atoms with Crippen LogP contribution in [-0.2, 0) is 4.79 Å². The second-order valence-electron chi connectivity index (χ2n) is 6.01. The van der Waals surface area contributed by atoms with Crippen LogP contribution >= 0.6 is 0 Å². The molecule has 8 heteroatoms. The van der Waals surface area contributed by atoms with E-state index >= 15 is 0 Å². The van der Waals surface area contributed by atoms with Gasteiger partial charge in [0, 0.05) is 26.7 Å². The summed E-state index contributed by atoms with van der Waals surface area (Å²) in [6.07, 6.45) is 4.10. The number of amides is 3. The number of aliphatic hydroxyl groups excluding tert-OH is 1. The molecular weight excluding hydrogens is 286 g/mol. The molecule has 0 aromatic rings. The molecule has 0 aromatic carbocycles. The van der Waals surface area contributed by atoms with Crippen LogP contribution < -0.4 is 5.32 Å². The molecule has 0 aliphatic carbocycles. The maximum Gasteiger partial charge on any atom is 0.325 e. The molecule has 0 saturated carbocycles. The summed E-state index contributed by atoms with van der Waals surface area (Å²) in [7, 11) is 1.64. The number of rotatable bonds is 2. The summed E-state index contributed by atoms with van der Waals surface area (Å²) < 4.78 is 0. The van der Waals surface area contributed by atoms with Crippen molar-refractivity contribution in [2.24, 2.45) is 4.99 Å². The summed E-state index contributed by atoms with van der Waals surface area (Å²) in [5.41, 5.74) is 0. The Morgan fingerprint density at radius 3 is 2.55 bits per heavy atom. The Morgan fingerprint density at radius 1 is 1.23 bits per heavy atom. The van der Waals surface area contributed by atoms with E-state index in [1.165, 1.54) is 17.7 Å². The van der Waals surface area contributed by atoms with Gasteiger partial charge in [-0.2, -0.15) is 0 Å². The van der Waals surface area contributed by atoms with Gasteiger partial charge in [-0.1, -0.05) is 12.8 Å². The third-order valence-electron chi connectivity index (χ3n) is 4.57. The maximum absolute atomic E-state index is 12.2. The Labute approximate surface area is 129 Å². The summed E-state index contributed by atoms with van der Waals surface area (Å²) in [6.45, 7) is 2.09. The van der Waals surface area contributed by atoms with Crippen molar-refractivity contribution in [3.05, 3.63) is 0 Å². The minimum Gasteiger partial charge on any atom is -0.395 e. The number of likely N-dealkylation sites (N-methyl/N-ethyl adjacent to an activating group) is 1. The first-order valence-electron chi connectivity index (χ1n) is 7.91. The number of fused-ring (bicyclic) bond motifs is 1. The standard InChI is InChI=1S/C14H23N5O3/c1-17-11-10(12(21)16-14(17)22)19(8-9-20)13(15-11)18-6-4-2-3-5-7-18/h10-11,20H,2-9H2,1H3,(H,16,21,22). The second-order valence-corrected chi connectivity index (χ2v) is 6.01. The van der Waals surface area contributed by atoms with Crippen LogP contribution in [0.25, 0.3) is 0 Å². The molecule has 2 unspecified atom stereocenters. The molecule has 122 valence electrons. The highest BCUT2D eigenvalue weighted by atomic mass is 16.3. The summed E-state index contributed by atoms with van der Waals surface area (Å²) >= 11 is 0. The average molecular weight is 309 g/mol. The highest BCUT2D eigenvalue weighted by Crippen LogP contribution is 2.26. The molecule has 22 heavy (non-hydrogen) atoms. The molecule has 3 aliphatic heterocycles. The summed E-state index contributed by atoms with van der Waals surface area (Å²) in [5, 5.41) is 11.7. The predicted molar refractivity (Wildman–Crippen MR) is 80.1 cm³/mol. The van der Waals surface area contributed by atoms with Gasteiger partial charge >= 0.3 is 6.03 Å². The van der Waals surface area contributed by atoms with E-state index in [9.17, 15) is 14.7 Å². The highest BCUT2D eigenvalue weighted by molar-refractivity contribution is 6.03. The normalized spacial score (nSPS) is 29.2. The van der Waals surface area contributed by atoms with Crippen LogP contribution in [0.4, 0.5) is 4.79 Å². The van der Waals surface area contributed by atoms with E-state index in [0.29, 0.717) is 6.54 Å². The first kappa shape index (κ1) is 15.1. The summed E-state index contributed by atoms with van der Waals surface area (Å²) in [4.78, 5) is 34.2. The Kier molecular flexibility index (Phi) is 4.19. The van der Waals surface area contributed by atoms with E-state index in [-0.39, 0.29) is 12.5 Å². The zero-order valence-corrected chi connectivity index (χ0v) is 12.9. The van der Waals surface area contributed by atoms with Gasteiger partial charge in [-0.3, -0.25) is 10.1 Å². The van der Waals surface area contributed by atoms with Gasteiger partial charge in [0.2, 0.25) is 0 Å². The molecule has 3 heterocycles. The van der Waals surface area contributed by atoms with Crippen molar-refractivity contribution in [3.63, 3.8) is 0 Å². The quantitative estimate of drug-likeness (QED) is 0.711. The number of imide groups is 1. The number of nitrogens with zero attached hydrogens (tertiary/aromatic N) is 4. The van der Waals surface area contributed by atoms with Crippen molar-refractivity contribution in [2.75, 3.05) is 33.3 Å². The molecule has 0 spiro atoms. The smallest absolute Gasteiger partial charge is 0.325 e. The molecule has 3 amide bonds. The van der Waals surface area contributed by atoms with Crippen molar-refractivity contribution in [1.82, 2.24) is 20.0 Å². The molecule has 2 fully saturated rings. The van der Waals surface area contributed by atoms with Crippen LogP contribution in [0, 0.1) is 0 Å². The van der Waals surface area contributed by atoms with E-state index in [2.05, 4.69) is 15.2 Å². The van der Waals surface area contributed by atoms with Crippen LogP contribution in [0.15, 0.2) is 4.99 Å². The fraction of sp³-hybridized carbons (Fsp3) is 0.786. The van der Waals surface area contributed by atoms with Crippen molar-refractivity contribution in [3.8, 4) is 0 Å². The molecule has 8 nitrogen and oxygen atoms in total.